The standard InChI is InChI=1S/C13H17BrN4O/c1-3-18-7-11(16-8-18)13(17-15)10-6-9(14)4-5-12(10)19-2/h4-8,13,17H,3,15H2,1-2H3. The Morgan fingerprint density at radius 1 is 1.53 bits per heavy atom. The average Bonchev–Trinajstić information content (AvgIpc) is 2.89. The van der Waals surface area contributed by atoms with Crippen molar-refractivity contribution in [3.05, 3.63) is 46.5 Å². The second-order valence-corrected chi connectivity index (χ2v) is 5.03. The summed E-state index contributed by atoms with van der Waals surface area (Å²) in [5.41, 5.74) is 4.60. The predicted molar refractivity (Wildman–Crippen MR) is 77.8 cm³/mol. The van der Waals surface area contributed by atoms with Crippen LogP contribution in [-0.2, 0) is 6.54 Å². The van der Waals surface area contributed by atoms with Gasteiger partial charge in [-0.15, -0.1) is 0 Å². The summed E-state index contributed by atoms with van der Waals surface area (Å²) < 4.78 is 8.36. The van der Waals surface area contributed by atoms with Gasteiger partial charge in [0.15, 0.2) is 0 Å². The molecule has 0 fully saturated rings. The maximum Gasteiger partial charge on any atom is 0.124 e. The number of nitrogens with two attached hydrogens (primary N) is 1. The van der Waals surface area contributed by atoms with Gasteiger partial charge in [0.2, 0.25) is 0 Å². The normalized spacial score (nSPS) is 12.4. The Bertz CT molecular complexity index is 555. The fourth-order valence-electron chi connectivity index (χ4n) is 1.96. The monoisotopic (exact) mass is 324 g/mol. The molecule has 19 heavy (non-hydrogen) atoms. The topological polar surface area (TPSA) is 65.1 Å². The van der Waals surface area contributed by atoms with Crippen molar-refractivity contribution in [1.82, 2.24) is 15.0 Å². The number of aryl methyl sites for hydroxylation is 1. The molecule has 3 N–H and O–H groups in total. The van der Waals surface area contributed by atoms with E-state index in [4.69, 9.17) is 10.6 Å². The molecule has 0 saturated heterocycles. The highest BCUT2D eigenvalue weighted by Crippen LogP contribution is 2.31. The summed E-state index contributed by atoms with van der Waals surface area (Å²) in [5, 5.41) is 0. The van der Waals surface area contributed by atoms with Gasteiger partial charge in [0.25, 0.3) is 0 Å². The Kier molecular flexibility index (Phi) is 4.57. The summed E-state index contributed by atoms with van der Waals surface area (Å²) in [6.45, 7) is 2.94. The van der Waals surface area contributed by atoms with Gasteiger partial charge in [-0.1, -0.05) is 15.9 Å². The van der Waals surface area contributed by atoms with E-state index in [0.717, 1.165) is 28.0 Å². The molecule has 0 bridgehead atoms. The minimum Gasteiger partial charge on any atom is -0.496 e. The van der Waals surface area contributed by atoms with E-state index in [1.165, 1.54) is 0 Å². The van der Waals surface area contributed by atoms with Gasteiger partial charge in [0.05, 0.1) is 25.2 Å². The maximum absolute atomic E-state index is 5.69. The molecule has 0 aliphatic rings. The zero-order valence-corrected chi connectivity index (χ0v) is 12.5. The van der Waals surface area contributed by atoms with Crippen molar-refractivity contribution in [2.24, 2.45) is 5.84 Å². The number of rotatable bonds is 5. The Hall–Kier alpha value is -1.37. The van der Waals surface area contributed by atoms with Crippen LogP contribution in [0.2, 0.25) is 0 Å². The van der Waals surface area contributed by atoms with Crippen LogP contribution in [0.4, 0.5) is 0 Å². The van der Waals surface area contributed by atoms with E-state index < -0.39 is 0 Å². The van der Waals surface area contributed by atoms with Gasteiger partial charge in [-0.3, -0.25) is 5.84 Å². The number of benzene rings is 1. The molecule has 0 spiro atoms. The fourth-order valence-corrected chi connectivity index (χ4v) is 2.34. The molecule has 1 atom stereocenters. The molecule has 1 aromatic carbocycles. The number of methoxy groups -OCH3 is 1. The predicted octanol–water partition coefficient (Wildman–Crippen LogP) is 2.23. The Morgan fingerprint density at radius 3 is 2.89 bits per heavy atom. The Morgan fingerprint density at radius 2 is 2.32 bits per heavy atom. The number of hydrogen-bond acceptors (Lipinski definition) is 4. The molecule has 0 amide bonds. The second-order valence-electron chi connectivity index (χ2n) is 4.11. The van der Waals surface area contributed by atoms with Gasteiger partial charge in [0.1, 0.15) is 5.75 Å². The Labute approximate surface area is 120 Å². The third-order valence-corrected chi connectivity index (χ3v) is 3.48. The van der Waals surface area contributed by atoms with E-state index in [9.17, 15) is 0 Å². The molecule has 1 heterocycles. The number of nitrogens with one attached hydrogen (secondary N) is 1. The van der Waals surface area contributed by atoms with Crippen LogP contribution < -0.4 is 16.0 Å². The lowest BCUT2D eigenvalue weighted by atomic mass is 10.0. The minimum absolute atomic E-state index is 0.208. The number of aromatic nitrogens is 2. The molecule has 0 radical (unpaired) electrons. The number of nitrogens with zero attached hydrogens (tertiary/aromatic N) is 2. The van der Waals surface area contributed by atoms with Gasteiger partial charge < -0.3 is 9.30 Å². The van der Waals surface area contributed by atoms with Gasteiger partial charge in [0, 0.05) is 22.8 Å². The van der Waals surface area contributed by atoms with Gasteiger partial charge in [-0.2, -0.15) is 0 Å². The minimum atomic E-state index is -0.208. The molecule has 5 nitrogen and oxygen atoms in total. The van der Waals surface area contributed by atoms with Crippen LogP contribution in [0, 0.1) is 0 Å². The summed E-state index contributed by atoms with van der Waals surface area (Å²) in [7, 11) is 1.64. The van der Waals surface area contributed by atoms with Crippen molar-refractivity contribution >= 4 is 15.9 Å². The van der Waals surface area contributed by atoms with Crippen LogP contribution in [0.3, 0.4) is 0 Å². The molecule has 1 aromatic heterocycles. The largest absolute Gasteiger partial charge is 0.496 e. The smallest absolute Gasteiger partial charge is 0.124 e. The summed E-state index contributed by atoms with van der Waals surface area (Å²) in [4.78, 5) is 4.39. The first-order valence-corrected chi connectivity index (χ1v) is 6.80. The van der Waals surface area contributed by atoms with Crippen LogP contribution in [0.1, 0.15) is 24.2 Å². The van der Waals surface area contributed by atoms with Gasteiger partial charge >= 0.3 is 0 Å². The van der Waals surface area contributed by atoms with Gasteiger partial charge in [-0.05, 0) is 25.1 Å². The first kappa shape index (κ1) is 14.0. The van der Waals surface area contributed by atoms with Crippen molar-refractivity contribution in [3.8, 4) is 5.75 Å². The molecule has 6 heteroatoms. The SMILES string of the molecule is CCn1cnc(C(NN)c2cc(Br)ccc2OC)c1. The second kappa shape index (κ2) is 6.18. The van der Waals surface area contributed by atoms with E-state index in [1.54, 1.807) is 13.4 Å². The highest BCUT2D eigenvalue weighted by Gasteiger charge is 2.19. The lowest BCUT2D eigenvalue weighted by Crippen LogP contribution is -2.29. The van der Waals surface area contributed by atoms with E-state index in [2.05, 4.69) is 33.3 Å². The zero-order valence-electron chi connectivity index (χ0n) is 10.9. The number of hydrazine groups is 1. The molecule has 102 valence electrons. The van der Waals surface area contributed by atoms with Crippen molar-refractivity contribution in [3.63, 3.8) is 0 Å². The summed E-state index contributed by atoms with van der Waals surface area (Å²) in [6, 6.07) is 5.61. The molecule has 0 aliphatic carbocycles. The highest BCUT2D eigenvalue weighted by molar-refractivity contribution is 9.10. The Balaban J connectivity index is 2.43. The summed E-state index contributed by atoms with van der Waals surface area (Å²) in [6.07, 6.45) is 3.77. The van der Waals surface area contributed by atoms with Crippen LogP contribution in [-0.4, -0.2) is 16.7 Å². The molecule has 2 aromatic rings. The fraction of sp³-hybridized carbons (Fsp3) is 0.308. The zero-order chi connectivity index (χ0) is 13.8. The van der Waals surface area contributed by atoms with Crippen LogP contribution in [0.25, 0.3) is 0 Å². The van der Waals surface area contributed by atoms with Crippen molar-refractivity contribution in [2.75, 3.05) is 7.11 Å². The quantitative estimate of drug-likeness (QED) is 0.654. The molecule has 0 saturated carbocycles. The first-order chi connectivity index (χ1) is 9.19. The first-order valence-electron chi connectivity index (χ1n) is 6.00. The average molecular weight is 325 g/mol. The van der Waals surface area contributed by atoms with E-state index >= 15 is 0 Å². The van der Waals surface area contributed by atoms with E-state index in [0.29, 0.717) is 0 Å². The van der Waals surface area contributed by atoms with Crippen molar-refractivity contribution in [1.29, 1.82) is 0 Å². The number of hydrogen-bond donors (Lipinski definition) is 2. The third-order valence-electron chi connectivity index (χ3n) is 2.98. The molecule has 1 unspecified atom stereocenters. The third kappa shape index (κ3) is 2.97. The van der Waals surface area contributed by atoms with Crippen LogP contribution in [0.15, 0.2) is 35.2 Å². The highest BCUT2D eigenvalue weighted by atomic mass is 79.9. The van der Waals surface area contributed by atoms with Crippen LogP contribution >= 0.6 is 15.9 Å². The molecule has 2 rings (SSSR count). The van der Waals surface area contributed by atoms with Crippen molar-refractivity contribution in [2.45, 2.75) is 19.5 Å². The molecular formula is C13H17BrN4O. The summed E-state index contributed by atoms with van der Waals surface area (Å²) in [5.74, 6) is 6.47. The molecule has 0 aliphatic heterocycles. The summed E-state index contributed by atoms with van der Waals surface area (Å²) >= 11 is 3.46. The number of halogens is 1. The van der Waals surface area contributed by atoms with Crippen molar-refractivity contribution < 1.29 is 4.74 Å². The lowest BCUT2D eigenvalue weighted by Gasteiger charge is -2.17. The van der Waals surface area contributed by atoms with Crippen LogP contribution in [0.5, 0.6) is 5.75 Å². The van der Waals surface area contributed by atoms with E-state index in [1.807, 2.05) is 29.0 Å². The van der Waals surface area contributed by atoms with E-state index in [-0.39, 0.29) is 6.04 Å². The number of imidazole rings is 1. The number of ether oxygens (including phenoxy) is 1. The van der Waals surface area contributed by atoms with Gasteiger partial charge in [-0.25, -0.2) is 10.4 Å². The molecular weight excluding hydrogens is 308 g/mol. The maximum atomic E-state index is 5.69. The lowest BCUT2D eigenvalue weighted by molar-refractivity contribution is 0.403.